The molecule has 2 aliphatic rings. The number of likely N-dealkylation sites (tertiary alicyclic amines) is 1. The van der Waals surface area contributed by atoms with E-state index in [4.69, 9.17) is 0 Å². The third-order valence-corrected chi connectivity index (χ3v) is 6.40. The number of nitrogens with one attached hydrogen (secondary N) is 1. The number of hydrogen-bond acceptors (Lipinski definition) is 3. The zero-order valence-electron chi connectivity index (χ0n) is 17.6. The Hall–Kier alpha value is -3.21. The minimum Gasteiger partial charge on any atom is -0.349 e. The normalized spacial score (nSPS) is 17.0. The van der Waals surface area contributed by atoms with E-state index in [0.717, 1.165) is 67.2 Å². The molecule has 0 atom stereocenters. The highest BCUT2D eigenvalue weighted by atomic mass is 16.2. The maximum Gasteiger partial charge on any atom is 0.253 e. The molecule has 0 bridgehead atoms. The number of aromatic nitrogens is 1. The lowest BCUT2D eigenvalue weighted by molar-refractivity contribution is 0.0690. The van der Waals surface area contributed by atoms with Crippen molar-refractivity contribution < 1.29 is 9.59 Å². The Morgan fingerprint density at radius 1 is 0.935 bits per heavy atom. The number of benzene rings is 2. The average molecular weight is 414 g/mol. The molecule has 5 heteroatoms. The molecule has 1 aliphatic carbocycles. The summed E-state index contributed by atoms with van der Waals surface area (Å²) in [6.07, 6.45) is 6.97. The lowest BCUT2D eigenvalue weighted by atomic mass is 9.89. The van der Waals surface area contributed by atoms with Crippen LogP contribution in [0.1, 0.15) is 52.0 Å². The number of nitrogens with zero attached hydrogens (tertiary/aromatic N) is 2. The standard InChI is InChI=1S/C26H27N3O2/c30-25(28-23-8-9-23)20-5-3-18(4-6-20)16-19-11-14-29(15-12-19)26(31)22-7-10-24-21(17-22)2-1-13-27-24/h1-7,10,13,17,19,23H,8-9,11-12,14-16H2,(H,28,30). The van der Waals surface area contributed by atoms with Gasteiger partial charge in [0.05, 0.1) is 5.52 Å². The van der Waals surface area contributed by atoms with E-state index in [1.54, 1.807) is 6.20 Å². The molecule has 3 aromatic rings. The number of rotatable bonds is 5. The molecule has 1 aliphatic heterocycles. The average Bonchev–Trinajstić information content (AvgIpc) is 3.63. The van der Waals surface area contributed by atoms with Crippen LogP contribution in [0, 0.1) is 5.92 Å². The van der Waals surface area contributed by atoms with Crippen molar-refractivity contribution in [3.8, 4) is 0 Å². The molecule has 1 aromatic heterocycles. The Morgan fingerprint density at radius 3 is 2.42 bits per heavy atom. The minimum atomic E-state index is 0.0327. The summed E-state index contributed by atoms with van der Waals surface area (Å²) >= 11 is 0. The molecule has 1 saturated heterocycles. The lowest BCUT2D eigenvalue weighted by Crippen LogP contribution is -2.38. The molecular weight excluding hydrogens is 386 g/mol. The van der Waals surface area contributed by atoms with Crippen LogP contribution in [0.15, 0.2) is 60.8 Å². The minimum absolute atomic E-state index is 0.0327. The van der Waals surface area contributed by atoms with Crippen molar-refractivity contribution in [2.75, 3.05) is 13.1 Å². The molecule has 0 spiro atoms. The first kappa shape index (κ1) is 19.7. The molecule has 5 rings (SSSR count). The lowest BCUT2D eigenvalue weighted by Gasteiger charge is -2.32. The summed E-state index contributed by atoms with van der Waals surface area (Å²) < 4.78 is 0. The van der Waals surface area contributed by atoms with E-state index in [1.807, 2.05) is 47.4 Å². The third kappa shape index (κ3) is 4.61. The Balaban J connectivity index is 1.15. The van der Waals surface area contributed by atoms with Crippen LogP contribution in [-0.2, 0) is 6.42 Å². The summed E-state index contributed by atoms with van der Waals surface area (Å²) in [5.41, 5.74) is 3.64. The van der Waals surface area contributed by atoms with E-state index >= 15 is 0 Å². The summed E-state index contributed by atoms with van der Waals surface area (Å²) in [6.45, 7) is 1.58. The van der Waals surface area contributed by atoms with E-state index < -0.39 is 0 Å². The number of hydrogen-bond donors (Lipinski definition) is 1. The van der Waals surface area contributed by atoms with Gasteiger partial charge in [0.15, 0.2) is 0 Å². The molecule has 31 heavy (non-hydrogen) atoms. The molecule has 1 N–H and O–H groups in total. The fourth-order valence-corrected chi connectivity index (χ4v) is 4.35. The van der Waals surface area contributed by atoms with Gasteiger partial charge in [0.25, 0.3) is 11.8 Å². The van der Waals surface area contributed by atoms with E-state index in [9.17, 15) is 9.59 Å². The van der Waals surface area contributed by atoms with Gasteiger partial charge in [-0.15, -0.1) is 0 Å². The zero-order chi connectivity index (χ0) is 21.2. The van der Waals surface area contributed by atoms with Crippen molar-refractivity contribution in [3.05, 3.63) is 77.5 Å². The molecule has 2 fully saturated rings. The van der Waals surface area contributed by atoms with Crippen LogP contribution in [0.3, 0.4) is 0 Å². The van der Waals surface area contributed by atoms with Gasteiger partial charge >= 0.3 is 0 Å². The fraction of sp³-hybridized carbons (Fsp3) is 0.346. The van der Waals surface area contributed by atoms with E-state index in [2.05, 4.69) is 22.4 Å². The Bertz CT molecular complexity index is 1100. The first-order chi connectivity index (χ1) is 15.2. The monoisotopic (exact) mass is 413 g/mol. The van der Waals surface area contributed by atoms with Crippen LogP contribution in [-0.4, -0.2) is 40.8 Å². The molecule has 2 amide bonds. The molecule has 2 heterocycles. The largest absolute Gasteiger partial charge is 0.349 e. The highest BCUT2D eigenvalue weighted by Gasteiger charge is 2.25. The summed E-state index contributed by atoms with van der Waals surface area (Å²) in [7, 11) is 0. The van der Waals surface area contributed by atoms with Crippen LogP contribution < -0.4 is 5.32 Å². The summed E-state index contributed by atoms with van der Waals surface area (Å²) in [4.78, 5) is 31.4. The van der Waals surface area contributed by atoms with E-state index in [0.29, 0.717) is 12.0 Å². The predicted molar refractivity (Wildman–Crippen MR) is 121 cm³/mol. The van der Waals surface area contributed by atoms with Gasteiger partial charge in [-0.1, -0.05) is 18.2 Å². The number of carbonyl (C=O) groups excluding carboxylic acids is 2. The van der Waals surface area contributed by atoms with Gasteiger partial charge in [-0.25, -0.2) is 0 Å². The van der Waals surface area contributed by atoms with E-state index in [1.165, 1.54) is 5.56 Å². The number of pyridine rings is 1. The Kier molecular flexibility index (Phi) is 5.41. The van der Waals surface area contributed by atoms with Crippen molar-refractivity contribution >= 4 is 22.7 Å². The maximum absolute atomic E-state index is 13.0. The Labute approximate surface area is 182 Å². The molecule has 1 saturated carbocycles. The molecule has 158 valence electrons. The van der Waals surface area contributed by atoms with Crippen LogP contribution >= 0.6 is 0 Å². The third-order valence-electron chi connectivity index (χ3n) is 6.40. The van der Waals surface area contributed by atoms with Gasteiger partial charge < -0.3 is 10.2 Å². The highest BCUT2D eigenvalue weighted by molar-refractivity contribution is 5.98. The first-order valence-corrected chi connectivity index (χ1v) is 11.2. The molecule has 5 nitrogen and oxygen atoms in total. The second-order valence-corrected chi connectivity index (χ2v) is 8.80. The first-order valence-electron chi connectivity index (χ1n) is 11.2. The van der Waals surface area contributed by atoms with Crippen molar-refractivity contribution in [2.24, 2.45) is 5.92 Å². The van der Waals surface area contributed by atoms with Crippen molar-refractivity contribution in [1.29, 1.82) is 0 Å². The fourth-order valence-electron chi connectivity index (χ4n) is 4.35. The second kappa shape index (κ2) is 8.50. The van der Waals surface area contributed by atoms with Crippen molar-refractivity contribution in [1.82, 2.24) is 15.2 Å². The quantitative estimate of drug-likeness (QED) is 0.681. The summed E-state index contributed by atoms with van der Waals surface area (Å²) in [6, 6.07) is 18.0. The van der Waals surface area contributed by atoms with Crippen molar-refractivity contribution in [2.45, 2.75) is 38.1 Å². The van der Waals surface area contributed by atoms with Gasteiger partial charge in [-0.2, -0.15) is 0 Å². The molecular formula is C26H27N3O2. The second-order valence-electron chi connectivity index (χ2n) is 8.80. The van der Waals surface area contributed by atoms with Crippen LogP contribution in [0.4, 0.5) is 0 Å². The van der Waals surface area contributed by atoms with Crippen LogP contribution in [0.25, 0.3) is 10.9 Å². The number of fused-ring (bicyclic) bond motifs is 1. The van der Waals surface area contributed by atoms with Gasteiger partial charge in [-0.3, -0.25) is 14.6 Å². The van der Waals surface area contributed by atoms with Crippen LogP contribution in [0.5, 0.6) is 0 Å². The highest BCUT2D eigenvalue weighted by Crippen LogP contribution is 2.24. The molecule has 2 aromatic carbocycles. The van der Waals surface area contributed by atoms with Crippen molar-refractivity contribution in [3.63, 3.8) is 0 Å². The SMILES string of the molecule is O=C(NC1CC1)c1ccc(CC2CCN(C(=O)c3ccc4ncccc4c3)CC2)cc1. The predicted octanol–water partition coefficient (Wildman–Crippen LogP) is 4.22. The van der Waals surface area contributed by atoms with Gasteiger partial charge in [0.2, 0.25) is 0 Å². The molecule has 0 radical (unpaired) electrons. The smallest absolute Gasteiger partial charge is 0.253 e. The van der Waals surface area contributed by atoms with Gasteiger partial charge in [0, 0.05) is 41.8 Å². The number of amides is 2. The van der Waals surface area contributed by atoms with Crippen LogP contribution in [0.2, 0.25) is 0 Å². The summed E-state index contributed by atoms with van der Waals surface area (Å²) in [5, 5.41) is 4.03. The van der Waals surface area contributed by atoms with Gasteiger partial charge in [-0.05, 0) is 80.0 Å². The van der Waals surface area contributed by atoms with E-state index in [-0.39, 0.29) is 11.8 Å². The summed E-state index contributed by atoms with van der Waals surface area (Å²) in [5.74, 6) is 0.705. The Morgan fingerprint density at radius 2 is 1.68 bits per heavy atom. The molecule has 0 unspecified atom stereocenters. The van der Waals surface area contributed by atoms with Gasteiger partial charge in [0.1, 0.15) is 0 Å². The topological polar surface area (TPSA) is 62.3 Å². The zero-order valence-corrected chi connectivity index (χ0v) is 17.6. The number of piperidine rings is 1. The number of carbonyl (C=O) groups is 2. The maximum atomic E-state index is 13.0.